The average Bonchev–Trinajstić information content (AvgIpc) is 2.88. The number of nitrogens with zero attached hydrogens (tertiary/aromatic N) is 2. The highest BCUT2D eigenvalue weighted by molar-refractivity contribution is 9.10. The molecule has 0 spiro atoms. The SMILES string of the molecule is Cc1ccccc1C(=O)N1CCCN(C(=O)c2ccc(Br)cc2)CC1. The molecular formula is C20H21BrN2O2. The van der Waals surface area contributed by atoms with Crippen molar-refractivity contribution in [2.75, 3.05) is 26.2 Å². The summed E-state index contributed by atoms with van der Waals surface area (Å²) in [6.45, 7) is 4.43. The van der Waals surface area contributed by atoms with Crippen LogP contribution >= 0.6 is 15.9 Å². The minimum absolute atomic E-state index is 0.0256. The van der Waals surface area contributed by atoms with Crippen molar-refractivity contribution in [1.82, 2.24) is 9.80 Å². The van der Waals surface area contributed by atoms with Crippen LogP contribution in [-0.2, 0) is 0 Å². The molecule has 4 nitrogen and oxygen atoms in total. The maximum Gasteiger partial charge on any atom is 0.254 e. The predicted octanol–water partition coefficient (Wildman–Crippen LogP) is 3.75. The molecule has 130 valence electrons. The summed E-state index contributed by atoms with van der Waals surface area (Å²) in [6, 6.07) is 15.1. The van der Waals surface area contributed by atoms with Gasteiger partial charge in [0.2, 0.25) is 0 Å². The third-order valence-corrected chi connectivity index (χ3v) is 5.07. The fraction of sp³-hybridized carbons (Fsp3) is 0.300. The van der Waals surface area contributed by atoms with E-state index in [9.17, 15) is 9.59 Å². The Balaban J connectivity index is 1.68. The molecule has 0 aromatic heterocycles. The van der Waals surface area contributed by atoms with Gasteiger partial charge in [-0.3, -0.25) is 9.59 Å². The van der Waals surface area contributed by atoms with Gasteiger partial charge in [-0.1, -0.05) is 34.1 Å². The molecular weight excluding hydrogens is 380 g/mol. The van der Waals surface area contributed by atoms with Gasteiger partial charge in [0.05, 0.1) is 0 Å². The number of aryl methyl sites for hydroxylation is 1. The summed E-state index contributed by atoms with van der Waals surface area (Å²) in [5.74, 6) is 0.0775. The molecule has 1 saturated heterocycles. The second-order valence-corrected chi connectivity index (χ2v) is 7.18. The van der Waals surface area contributed by atoms with Crippen molar-refractivity contribution in [2.24, 2.45) is 0 Å². The first-order valence-electron chi connectivity index (χ1n) is 8.46. The van der Waals surface area contributed by atoms with Crippen molar-refractivity contribution in [3.05, 3.63) is 69.7 Å². The zero-order valence-corrected chi connectivity index (χ0v) is 15.8. The van der Waals surface area contributed by atoms with Gasteiger partial charge >= 0.3 is 0 Å². The van der Waals surface area contributed by atoms with E-state index >= 15 is 0 Å². The van der Waals surface area contributed by atoms with Crippen LogP contribution in [0.15, 0.2) is 53.0 Å². The van der Waals surface area contributed by atoms with Gasteiger partial charge in [0, 0.05) is 41.8 Å². The van der Waals surface area contributed by atoms with Crippen LogP contribution in [0.5, 0.6) is 0 Å². The van der Waals surface area contributed by atoms with Crippen molar-refractivity contribution in [2.45, 2.75) is 13.3 Å². The first-order valence-corrected chi connectivity index (χ1v) is 9.25. The number of benzene rings is 2. The summed E-state index contributed by atoms with van der Waals surface area (Å²) >= 11 is 3.39. The van der Waals surface area contributed by atoms with Crippen LogP contribution in [-0.4, -0.2) is 47.8 Å². The Morgan fingerprint density at radius 3 is 2.08 bits per heavy atom. The molecule has 1 aliphatic heterocycles. The van der Waals surface area contributed by atoms with Gasteiger partial charge in [-0.05, 0) is 49.2 Å². The van der Waals surface area contributed by atoms with Crippen molar-refractivity contribution >= 4 is 27.7 Å². The van der Waals surface area contributed by atoms with Crippen LogP contribution in [0.4, 0.5) is 0 Å². The Hall–Kier alpha value is -2.14. The normalized spacial score (nSPS) is 15.0. The summed E-state index contributed by atoms with van der Waals surface area (Å²) in [4.78, 5) is 29.1. The highest BCUT2D eigenvalue weighted by Gasteiger charge is 2.24. The predicted molar refractivity (Wildman–Crippen MR) is 102 cm³/mol. The molecule has 1 aliphatic rings. The van der Waals surface area contributed by atoms with Crippen molar-refractivity contribution in [3.63, 3.8) is 0 Å². The van der Waals surface area contributed by atoms with Crippen LogP contribution in [0.25, 0.3) is 0 Å². The highest BCUT2D eigenvalue weighted by atomic mass is 79.9. The van der Waals surface area contributed by atoms with E-state index in [2.05, 4.69) is 15.9 Å². The fourth-order valence-electron chi connectivity index (χ4n) is 3.08. The lowest BCUT2D eigenvalue weighted by Gasteiger charge is -2.23. The number of hydrogen-bond acceptors (Lipinski definition) is 2. The van der Waals surface area contributed by atoms with E-state index in [1.54, 1.807) is 0 Å². The Kier molecular flexibility index (Phi) is 5.53. The Morgan fingerprint density at radius 2 is 1.44 bits per heavy atom. The largest absolute Gasteiger partial charge is 0.337 e. The van der Waals surface area contributed by atoms with Gasteiger partial charge in [0.25, 0.3) is 11.8 Å². The average molecular weight is 401 g/mol. The molecule has 0 atom stereocenters. The highest BCUT2D eigenvalue weighted by Crippen LogP contribution is 2.16. The van der Waals surface area contributed by atoms with Gasteiger partial charge in [0.1, 0.15) is 0 Å². The van der Waals surface area contributed by atoms with E-state index in [1.165, 1.54) is 0 Å². The number of halogens is 1. The molecule has 1 fully saturated rings. The van der Waals surface area contributed by atoms with E-state index in [1.807, 2.05) is 65.3 Å². The third-order valence-electron chi connectivity index (χ3n) is 4.54. The van der Waals surface area contributed by atoms with Gasteiger partial charge < -0.3 is 9.80 Å². The third kappa shape index (κ3) is 4.10. The van der Waals surface area contributed by atoms with E-state index in [0.717, 1.165) is 22.0 Å². The van der Waals surface area contributed by atoms with Crippen molar-refractivity contribution < 1.29 is 9.59 Å². The molecule has 0 unspecified atom stereocenters. The zero-order chi connectivity index (χ0) is 17.8. The molecule has 0 saturated carbocycles. The van der Waals surface area contributed by atoms with Gasteiger partial charge in [-0.15, -0.1) is 0 Å². The van der Waals surface area contributed by atoms with Gasteiger partial charge in [0.15, 0.2) is 0 Å². The lowest BCUT2D eigenvalue weighted by molar-refractivity contribution is 0.0718. The minimum atomic E-state index is 0.0256. The number of hydrogen-bond donors (Lipinski definition) is 0. The molecule has 3 rings (SSSR count). The van der Waals surface area contributed by atoms with Crippen LogP contribution in [0.3, 0.4) is 0 Å². The Morgan fingerprint density at radius 1 is 0.840 bits per heavy atom. The molecule has 25 heavy (non-hydrogen) atoms. The van der Waals surface area contributed by atoms with E-state index in [-0.39, 0.29) is 11.8 Å². The summed E-state index contributed by atoms with van der Waals surface area (Å²) in [5.41, 5.74) is 2.41. The van der Waals surface area contributed by atoms with Crippen molar-refractivity contribution in [3.8, 4) is 0 Å². The van der Waals surface area contributed by atoms with Crippen LogP contribution < -0.4 is 0 Å². The number of rotatable bonds is 2. The summed E-state index contributed by atoms with van der Waals surface area (Å²) in [6.07, 6.45) is 0.792. The molecule has 2 amide bonds. The summed E-state index contributed by atoms with van der Waals surface area (Å²) in [5, 5.41) is 0. The molecule has 0 aliphatic carbocycles. The quantitative estimate of drug-likeness (QED) is 0.769. The monoisotopic (exact) mass is 400 g/mol. The molecule has 5 heteroatoms. The van der Waals surface area contributed by atoms with Gasteiger partial charge in [-0.2, -0.15) is 0 Å². The van der Waals surface area contributed by atoms with E-state index in [4.69, 9.17) is 0 Å². The standard InChI is InChI=1S/C20H21BrN2O2/c1-15-5-2-3-6-18(15)20(25)23-12-4-11-22(13-14-23)19(24)16-7-9-17(21)10-8-16/h2-3,5-10H,4,11-14H2,1H3. The van der Waals surface area contributed by atoms with E-state index in [0.29, 0.717) is 31.7 Å². The summed E-state index contributed by atoms with van der Waals surface area (Å²) < 4.78 is 0.954. The molecule has 0 N–H and O–H groups in total. The fourth-order valence-corrected chi connectivity index (χ4v) is 3.35. The Bertz CT molecular complexity index is 774. The first kappa shape index (κ1) is 17.7. The Labute approximate surface area is 156 Å². The maximum atomic E-state index is 12.8. The number of amides is 2. The molecule has 1 heterocycles. The zero-order valence-electron chi connectivity index (χ0n) is 14.2. The van der Waals surface area contributed by atoms with Crippen LogP contribution in [0.1, 0.15) is 32.7 Å². The summed E-state index contributed by atoms with van der Waals surface area (Å²) in [7, 11) is 0. The second-order valence-electron chi connectivity index (χ2n) is 6.26. The maximum absolute atomic E-state index is 12.8. The lowest BCUT2D eigenvalue weighted by atomic mass is 10.1. The minimum Gasteiger partial charge on any atom is -0.337 e. The van der Waals surface area contributed by atoms with E-state index < -0.39 is 0 Å². The topological polar surface area (TPSA) is 40.6 Å². The van der Waals surface area contributed by atoms with Gasteiger partial charge in [-0.25, -0.2) is 0 Å². The lowest BCUT2D eigenvalue weighted by Crippen LogP contribution is -2.37. The molecule has 0 radical (unpaired) electrons. The molecule has 0 bridgehead atoms. The van der Waals surface area contributed by atoms with Crippen LogP contribution in [0, 0.1) is 6.92 Å². The molecule has 2 aromatic rings. The second kappa shape index (κ2) is 7.83. The first-order chi connectivity index (χ1) is 12.1. The smallest absolute Gasteiger partial charge is 0.254 e. The van der Waals surface area contributed by atoms with Crippen molar-refractivity contribution in [1.29, 1.82) is 0 Å². The number of carbonyl (C=O) groups is 2. The molecule has 2 aromatic carbocycles. The van der Waals surface area contributed by atoms with Crippen LogP contribution in [0.2, 0.25) is 0 Å². The number of carbonyl (C=O) groups excluding carboxylic acids is 2.